The number of nitrogens with one attached hydrogen (secondary N) is 1. The van der Waals surface area contributed by atoms with Gasteiger partial charge in [0.25, 0.3) is 0 Å². The van der Waals surface area contributed by atoms with Crippen LogP contribution < -0.4 is 5.32 Å². The Morgan fingerprint density at radius 2 is 2.04 bits per heavy atom. The molecule has 3 rings (SSSR count). The van der Waals surface area contributed by atoms with Crippen molar-refractivity contribution >= 4 is 18.6 Å². The maximum Gasteiger partial charge on any atom is 0.106 e. The highest BCUT2D eigenvalue weighted by Gasteiger charge is 2.37. The van der Waals surface area contributed by atoms with E-state index in [1.807, 2.05) is 18.6 Å². The Hall–Kier alpha value is -1.34. The van der Waals surface area contributed by atoms with Crippen LogP contribution in [0.4, 0.5) is 0 Å². The first-order chi connectivity index (χ1) is 12.5. The molecule has 2 unspecified atom stereocenters. The van der Waals surface area contributed by atoms with Gasteiger partial charge in [0.05, 0.1) is 12.5 Å². The number of nitrogens with zero attached hydrogens (tertiary/aromatic N) is 2. The van der Waals surface area contributed by atoms with Crippen molar-refractivity contribution in [2.24, 2.45) is 0 Å². The summed E-state index contributed by atoms with van der Waals surface area (Å²) in [6, 6.07) is 9.08. The lowest BCUT2D eigenvalue weighted by Crippen LogP contribution is -2.46. The van der Waals surface area contributed by atoms with Crippen LogP contribution in [0.1, 0.15) is 24.5 Å². The van der Waals surface area contributed by atoms with Crippen LogP contribution in [0, 0.1) is 0 Å². The molecule has 2 aliphatic heterocycles. The maximum atomic E-state index is 8.00. The van der Waals surface area contributed by atoms with Gasteiger partial charge in [0.1, 0.15) is 12.4 Å². The van der Waals surface area contributed by atoms with Gasteiger partial charge in [-0.2, -0.15) is 0 Å². The second-order valence-corrected chi connectivity index (χ2v) is 8.20. The first-order valence-corrected chi connectivity index (χ1v) is 9.93. The molecule has 0 saturated carbocycles. The van der Waals surface area contributed by atoms with Crippen LogP contribution in [0.3, 0.4) is 0 Å². The molecule has 26 heavy (non-hydrogen) atoms. The summed E-state index contributed by atoms with van der Waals surface area (Å²) in [5.74, 6) is 1.00. The molecule has 0 spiro atoms. The van der Waals surface area contributed by atoms with Crippen molar-refractivity contribution in [1.29, 1.82) is 0 Å². The normalized spacial score (nSPS) is 22.5. The second-order valence-electron chi connectivity index (χ2n) is 7.34. The van der Waals surface area contributed by atoms with Gasteiger partial charge in [-0.1, -0.05) is 24.3 Å². The van der Waals surface area contributed by atoms with Crippen LogP contribution in [-0.2, 0) is 21.7 Å². The molecule has 1 aromatic carbocycles. The van der Waals surface area contributed by atoms with E-state index in [2.05, 4.69) is 72.9 Å². The van der Waals surface area contributed by atoms with Crippen LogP contribution >= 0.6 is 11.8 Å². The number of hydrogen-bond acceptors (Lipinski definition) is 6. The summed E-state index contributed by atoms with van der Waals surface area (Å²) in [6.07, 6.45) is 1.05. The lowest BCUT2D eigenvalue weighted by atomic mass is 9.93. The number of rotatable bonds is 7. The quantitative estimate of drug-likeness (QED) is 0.788. The van der Waals surface area contributed by atoms with Gasteiger partial charge in [0.15, 0.2) is 0 Å². The average Bonchev–Trinajstić information content (AvgIpc) is 3.25. The second kappa shape index (κ2) is 9.55. The van der Waals surface area contributed by atoms with E-state index >= 15 is 0 Å². The number of carbonyl (C=O) groups is 1. The molecule has 0 amide bonds. The highest BCUT2D eigenvalue weighted by molar-refractivity contribution is 8.02. The first kappa shape index (κ1) is 21.0. The fraction of sp³-hybridized carbons (Fsp3) is 0.550. The van der Waals surface area contributed by atoms with E-state index in [0.717, 1.165) is 32.0 Å². The molecule has 6 heteroatoms. The standard InChI is InChI=1S/C19H29N3OS.CH2O/c1-19(18-8-6-5-7-15(18)11-23-19)13-22(4)17(10-21(2)3)9-16-12-24-14-20-16;1-2/h5-8,12,17,20H,9-11,13-14H2,1-4H3;1H2. The highest BCUT2D eigenvalue weighted by atomic mass is 32.2. The maximum absolute atomic E-state index is 8.00. The van der Waals surface area contributed by atoms with Gasteiger partial charge in [-0.25, -0.2) is 0 Å². The smallest absolute Gasteiger partial charge is 0.106 e. The van der Waals surface area contributed by atoms with Gasteiger partial charge < -0.3 is 19.7 Å². The number of carbonyl (C=O) groups excluding carboxylic acids is 1. The summed E-state index contributed by atoms with van der Waals surface area (Å²) in [6.45, 7) is 6.90. The zero-order valence-corrected chi connectivity index (χ0v) is 17.1. The Kier molecular flexibility index (Phi) is 7.70. The molecule has 1 aromatic rings. The summed E-state index contributed by atoms with van der Waals surface area (Å²) in [5.41, 5.74) is 3.81. The Morgan fingerprint density at radius 1 is 1.31 bits per heavy atom. The Balaban J connectivity index is 0.00000117. The minimum absolute atomic E-state index is 0.220. The molecule has 0 bridgehead atoms. The van der Waals surface area contributed by atoms with E-state index in [1.165, 1.54) is 16.8 Å². The molecule has 2 atom stereocenters. The summed E-state index contributed by atoms with van der Waals surface area (Å²) in [7, 11) is 6.52. The van der Waals surface area contributed by atoms with Gasteiger partial charge in [-0.05, 0) is 44.6 Å². The molecule has 0 saturated heterocycles. The molecule has 0 radical (unpaired) electrons. The molecule has 2 heterocycles. The minimum Gasteiger partial charge on any atom is -0.379 e. The number of likely N-dealkylation sites (N-methyl/N-ethyl adjacent to an activating group) is 2. The topological polar surface area (TPSA) is 44.8 Å². The van der Waals surface area contributed by atoms with Crippen molar-refractivity contribution in [3.8, 4) is 0 Å². The van der Waals surface area contributed by atoms with E-state index < -0.39 is 0 Å². The number of thioether (sulfide) groups is 1. The van der Waals surface area contributed by atoms with Crippen molar-refractivity contribution in [2.45, 2.75) is 31.6 Å². The molecule has 2 aliphatic rings. The molecule has 1 N–H and O–H groups in total. The predicted molar refractivity (Wildman–Crippen MR) is 109 cm³/mol. The number of ether oxygens (including phenoxy) is 1. The van der Waals surface area contributed by atoms with Crippen molar-refractivity contribution < 1.29 is 9.53 Å². The fourth-order valence-corrected chi connectivity index (χ4v) is 4.42. The number of hydrogen-bond donors (Lipinski definition) is 1. The lowest BCUT2D eigenvalue weighted by molar-refractivity contribution is -0.0980. The van der Waals surface area contributed by atoms with E-state index in [9.17, 15) is 0 Å². The number of fused-ring (bicyclic) bond motifs is 1. The summed E-state index contributed by atoms with van der Waals surface area (Å²) in [5, 5.41) is 5.75. The Bertz CT molecular complexity index is 623. The highest BCUT2D eigenvalue weighted by Crippen LogP contribution is 2.37. The van der Waals surface area contributed by atoms with E-state index in [0.29, 0.717) is 6.04 Å². The Labute approximate surface area is 161 Å². The molecular weight excluding hydrogens is 346 g/mol. The summed E-state index contributed by atoms with van der Waals surface area (Å²) < 4.78 is 6.22. The monoisotopic (exact) mass is 377 g/mol. The third kappa shape index (κ3) is 5.10. The van der Waals surface area contributed by atoms with Crippen molar-refractivity contribution in [2.75, 3.05) is 40.1 Å². The predicted octanol–water partition coefficient (Wildman–Crippen LogP) is 2.63. The van der Waals surface area contributed by atoms with Crippen LogP contribution in [-0.4, -0.2) is 62.7 Å². The molecule has 0 fully saturated rings. The Morgan fingerprint density at radius 3 is 2.69 bits per heavy atom. The molecule has 5 nitrogen and oxygen atoms in total. The van der Waals surface area contributed by atoms with Gasteiger partial charge in [0, 0.05) is 31.2 Å². The van der Waals surface area contributed by atoms with Crippen LogP contribution in [0.25, 0.3) is 0 Å². The van der Waals surface area contributed by atoms with Gasteiger partial charge in [-0.3, -0.25) is 4.90 Å². The average molecular weight is 378 g/mol. The van der Waals surface area contributed by atoms with Gasteiger partial charge >= 0.3 is 0 Å². The molecular formula is C20H31N3O2S. The molecule has 0 aliphatic carbocycles. The minimum atomic E-state index is -0.220. The zero-order valence-electron chi connectivity index (χ0n) is 16.3. The van der Waals surface area contributed by atoms with Crippen LogP contribution in [0.5, 0.6) is 0 Å². The number of benzene rings is 1. The van der Waals surface area contributed by atoms with Crippen molar-refractivity contribution in [3.63, 3.8) is 0 Å². The van der Waals surface area contributed by atoms with E-state index in [1.54, 1.807) is 0 Å². The largest absolute Gasteiger partial charge is 0.379 e. The lowest BCUT2D eigenvalue weighted by Gasteiger charge is -2.36. The summed E-state index contributed by atoms with van der Waals surface area (Å²) in [4.78, 5) is 12.7. The van der Waals surface area contributed by atoms with Gasteiger partial charge in [0.2, 0.25) is 0 Å². The third-order valence-electron chi connectivity index (χ3n) is 4.95. The molecule has 0 aromatic heterocycles. The summed E-state index contributed by atoms with van der Waals surface area (Å²) >= 11 is 1.85. The first-order valence-electron chi connectivity index (χ1n) is 8.88. The van der Waals surface area contributed by atoms with Crippen molar-refractivity contribution in [3.05, 3.63) is 46.5 Å². The van der Waals surface area contributed by atoms with E-state index in [-0.39, 0.29) is 5.60 Å². The van der Waals surface area contributed by atoms with Crippen LogP contribution in [0.15, 0.2) is 35.4 Å². The van der Waals surface area contributed by atoms with E-state index in [4.69, 9.17) is 9.53 Å². The van der Waals surface area contributed by atoms with Gasteiger partial charge in [-0.15, -0.1) is 11.8 Å². The SMILES string of the molecule is C=O.CN(C)CC(CC1=CSCN1)N(C)CC1(C)OCc2ccccc21. The van der Waals surface area contributed by atoms with Crippen LogP contribution in [0.2, 0.25) is 0 Å². The zero-order chi connectivity index (χ0) is 19.2. The fourth-order valence-electron chi connectivity index (χ4n) is 3.69. The third-order valence-corrected chi connectivity index (χ3v) is 5.71. The molecule has 144 valence electrons. The van der Waals surface area contributed by atoms with Crippen molar-refractivity contribution in [1.82, 2.24) is 15.1 Å².